The molecule has 2 rings (SSSR count). The molecule has 1 heterocycles. The minimum absolute atomic E-state index is 0.450. The smallest absolute Gasteiger partial charge is 0.118 e. The molecule has 3 N–H and O–H groups in total. The lowest BCUT2D eigenvalue weighted by atomic mass is 9.83. The van der Waals surface area contributed by atoms with Crippen molar-refractivity contribution in [3.63, 3.8) is 0 Å². The Morgan fingerprint density at radius 3 is 2.64 bits per heavy atom. The molecule has 1 fully saturated rings. The Labute approximate surface area is 83.4 Å². The summed E-state index contributed by atoms with van der Waals surface area (Å²) in [5.74, 6) is 0. The number of aliphatic hydroxyl groups is 2. The minimum atomic E-state index is -1.08. The summed E-state index contributed by atoms with van der Waals surface area (Å²) in [6.07, 6.45) is -0.170. The van der Waals surface area contributed by atoms with Crippen molar-refractivity contribution >= 4 is 0 Å². The fourth-order valence-electron chi connectivity index (χ4n) is 1.92. The first-order valence-electron chi connectivity index (χ1n) is 4.90. The molecule has 0 unspecified atom stereocenters. The van der Waals surface area contributed by atoms with E-state index in [4.69, 9.17) is 0 Å². The van der Waals surface area contributed by atoms with Crippen molar-refractivity contribution in [3.05, 3.63) is 35.9 Å². The van der Waals surface area contributed by atoms with E-state index in [1.807, 2.05) is 30.3 Å². The number of hydrogen-bond donors (Lipinski definition) is 3. The molecule has 3 heteroatoms. The van der Waals surface area contributed by atoms with Gasteiger partial charge in [0.15, 0.2) is 0 Å². The summed E-state index contributed by atoms with van der Waals surface area (Å²) in [4.78, 5) is 0. The number of aliphatic hydroxyl groups excluding tert-OH is 1. The molecule has 0 saturated carbocycles. The molecule has 1 aromatic rings. The molecular formula is C11H15NO2. The van der Waals surface area contributed by atoms with E-state index in [1.54, 1.807) is 0 Å². The molecule has 0 radical (unpaired) electrons. The monoisotopic (exact) mass is 193 g/mol. The van der Waals surface area contributed by atoms with Crippen molar-refractivity contribution in [3.8, 4) is 0 Å². The fraction of sp³-hybridized carbons (Fsp3) is 0.455. The highest BCUT2D eigenvalue weighted by Crippen LogP contribution is 2.30. The topological polar surface area (TPSA) is 52.5 Å². The van der Waals surface area contributed by atoms with Crippen LogP contribution in [0, 0.1) is 0 Å². The van der Waals surface area contributed by atoms with Crippen molar-refractivity contribution in [1.82, 2.24) is 5.32 Å². The maximum absolute atomic E-state index is 10.3. The quantitative estimate of drug-likeness (QED) is 0.598. The van der Waals surface area contributed by atoms with E-state index >= 15 is 0 Å². The Hall–Kier alpha value is -0.900. The van der Waals surface area contributed by atoms with E-state index in [-0.39, 0.29) is 0 Å². The van der Waals surface area contributed by atoms with Gasteiger partial charge >= 0.3 is 0 Å². The van der Waals surface area contributed by atoms with Gasteiger partial charge in [0.25, 0.3) is 0 Å². The van der Waals surface area contributed by atoms with Gasteiger partial charge in [-0.15, -0.1) is 0 Å². The van der Waals surface area contributed by atoms with E-state index in [1.165, 1.54) is 0 Å². The van der Waals surface area contributed by atoms with E-state index in [0.29, 0.717) is 13.0 Å². The zero-order chi connectivity index (χ0) is 10.0. The highest BCUT2D eigenvalue weighted by molar-refractivity contribution is 5.24. The summed E-state index contributed by atoms with van der Waals surface area (Å²) in [5.41, 5.74) is -0.277. The lowest BCUT2D eigenvalue weighted by molar-refractivity contribution is -0.0976. The second kappa shape index (κ2) is 3.69. The molecule has 0 aliphatic carbocycles. The number of nitrogens with one attached hydrogen (secondary N) is 1. The maximum Gasteiger partial charge on any atom is 0.118 e. The lowest BCUT2D eigenvalue weighted by Crippen LogP contribution is -2.51. The Morgan fingerprint density at radius 1 is 1.29 bits per heavy atom. The molecule has 2 atom stereocenters. The first kappa shape index (κ1) is 9.65. The Morgan fingerprint density at radius 2 is 2.00 bits per heavy atom. The van der Waals surface area contributed by atoms with Crippen molar-refractivity contribution in [2.45, 2.75) is 18.1 Å². The fourth-order valence-corrected chi connectivity index (χ4v) is 1.92. The van der Waals surface area contributed by atoms with E-state index in [2.05, 4.69) is 5.32 Å². The summed E-state index contributed by atoms with van der Waals surface area (Å²) < 4.78 is 0. The van der Waals surface area contributed by atoms with Gasteiger partial charge in [-0.3, -0.25) is 0 Å². The molecule has 14 heavy (non-hydrogen) atoms. The molecule has 0 aromatic heterocycles. The van der Waals surface area contributed by atoms with Crippen LogP contribution in [0.4, 0.5) is 0 Å². The van der Waals surface area contributed by atoms with Crippen LogP contribution in [0.3, 0.4) is 0 Å². The molecule has 3 nitrogen and oxygen atoms in total. The molecular weight excluding hydrogens is 178 g/mol. The number of benzene rings is 1. The average molecular weight is 193 g/mol. The van der Waals surface area contributed by atoms with Crippen molar-refractivity contribution in [1.29, 1.82) is 0 Å². The highest BCUT2D eigenvalue weighted by atomic mass is 16.3. The van der Waals surface area contributed by atoms with Gasteiger partial charge in [0.2, 0.25) is 0 Å². The third kappa shape index (κ3) is 1.54. The van der Waals surface area contributed by atoms with Gasteiger partial charge in [-0.05, 0) is 18.5 Å². The van der Waals surface area contributed by atoms with E-state index < -0.39 is 11.7 Å². The van der Waals surface area contributed by atoms with Crippen molar-refractivity contribution in [2.24, 2.45) is 0 Å². The largest absolute Gasteiger partial charge is 0.388 e. The van der Waals surface area contributed by atoms with Crippen LogP contribution in [0.15, 0.2) is 30.3 Å². The second-order valence-electron chi connectivity index (χ2n) is 3.76. The molecule has 1 aromatic carbocycles. The molecule has 0 amide bonds. The van der Waals surface area contributed by atoms with Crippen LogP contribution in [-0.4, -0.2) is 29.4 Å². The first-order chi connectivity index (χ1) is 6.73. The lowest BCUT2D eigenvalue weighted by Gasteiger charge is -2.37. The zero-order valence-corrected chi connectivity index (χ0v) is 7.98. The van der Waals surface area contributed by atoms with Crippen LogP contribution in [0.25, 0.3) is 0 Å². The van der Waals surface area contributed by atoms with Crippen LogP contribution < -0.4 is 5.32 Å². The van der Waals surface area contributed by atoms with Crippen LogP contribution in [-0.2, 0) is 5.60 Å². The average Bonchev–Trinajstić information content (AvgIpc) is 2.24. The van der Waals surface area contributed by atoms with Gasteiger partial charge in [0.1, 0.15) is 5.60 Å². The summed E-state index contributed by atoms with van der Waals surface area (Å²) in [5, 5.41) is 23.1. The van der Waals surface area contributed by atoms with Gasteiger partial charge < -0.3 is 15.5 Å². The summed E-state index contributed by atoms with van der Waals surface area (Å²) in [6, 6.07) is 9.37. The number of piperidine rings is 1. The minimum Gasteiger partial charge on any atom is -0.388 e. The van der Waals surface area contributed by atoms with Gasteiger partial charge in [0, 0.05) is 6.54 Å². The second-order valence-corrected chi connectivity index (χ2v) is 3.76. The van der Waals surface area contributed by atoms with E-state index in [9.17, 15) is 10.2 Å². The summed E-state index contributed by atoms with van der Waals surface area (Å²) in [6.45, 7) is 1.19. The van der Waals surface area contributed by atoms with Crippen LogP contribution in [0.1, 0.15) is 12.0 Å². The third-order valence-corrected chi connectivity index (χ3v) is 2.85. The van der Waals surface area contributed by atoms with Crippen LogP contribution in [0.2, 0.25) is 0 Å². The predicted octanol–water partition coefficient (Wildman–Crippen LogP) is 0.228. The molecule has 1 aliphatic rings. The summed E-state index contributed by atoms with van der Waals surface area (Å²) >= 11 is 0. The number of β-amino-alcohol motifs (C(OH)–C–C–N with tert-alkyl or cyclic N) is 1. The zero-order valence-electron chi connectivity index (χ0n) is 7.98. The van der Waals surface area contributed by atoms with Crippen molar-refractivity contribution in [2.75, 3.05) is 13.1 Å². The maximum atomic E-state index is 10.3. The molecule has 0 spiro atoms. The van der Waals surface area contributed by atoms with Gasteiger partial charge in [0.05, 0.1) is 6.10 Å². The number of rotatable bonds is 1. The van der Waals surface area contributed by atoms with Gasteiger partial charge in [-0.2, -0.15) is 0 Å². The molecule has 76 valence electrons. The third-order valence-electron chi connectivity index (χ3n) is 2.85. The Balaban J connectivity index is 2.30. The van der Waals surface area contributed by atoms with Crippen LogP contribution in [0.5, 0.6) is 0 Å². The highest BCUT2D eigenvalue weighted by Gasteiger charge is 2.39. The normalized spacial score (nSPS) is 32.9. The summed E-state index contributed by atoms with van der Waals surface area (Å²) in [7, 11) is 0. The van der Waals surface area contributed by atoms with Gasteiger partial charge in [-0.1, -0.05) is 30.3 Å². The Bertz CT molecular complexity index is 301. The van der Waals surface area contributed by atoms with Crippen LogP contribution >= 0.6 is 0 Å². The van der Waals surface area contributed by atoms with Gasteiger partial charge in [-0.25, -0.2) is 0 Å². The predicted molar refractivity (Wildman–Crippen MR) is 53.8 cm³/mol. The Kier molecular flexibility index (Phi) is 2.54. The molecule has 1 saturated heterocycles. The first-order valence-corrected chi connectivity index (χ1v) is 4.90. The number of hydrogen-bond acceptors (Lipinski definition) is 3. The van der Waals surface area contributed by atoms with E-state index in [0.717, 1.165) is 12.1 Å². The molecule has 1 aliphatic heterocycles. The standard InChI is InChI=1S/C11H15NO2/c13-10-8-12-7-6-11(10,14)9-4-2-1-3-5-9/h1-5,10,12-14H,6-8H2/t10-,11-/m1/s1. The molecule has 0 bridgehead atoms. The van der Waals surface area contributed by atoms with Crippen molar-refractivity contribution < 1.29 is 10.2 Å². The SMILES string of the molecule is O[C@@H]1CNCC[C@@]1(O)c1ccccc1.